The Morgan fingerprint density at radius 3 is 2.61 bits per heavy atom. The molecule has 2 heterocycles. The predicted octanol–water partition coefficient (Wildman–Crippen LogP) is 0.644. The molecule has 7 heteroatoms. The monoisotopic (exact) mass is 251 g/mol. The van der Waals surface area contributed by atoms with Gasteiger partial charge in [0.25, 0.3) is 0 Å². The van der Waals surface area contributed by atoms with Crippen molar-refractivity contribution >= 4 is 17.7 Å². The van der Waals surface area contributed by atoms with Crippen LogP contribution < -0.4 is 5.32 Å². The van der Waals surface area contributed by atoms with E-state index in [1.165, 1.54) is 18.3 Å². The zero-order valence-electron chi connectivity index (χ0n) is 9.63. The first kappa shape index (κ1) is 12.3. The van der Waals surface area contributed by atoms with E-state index in [9.17, 15) is 9.59 Å². The van der Waals surface area contributed by atoms with E-state index in [1.54, 1.807) is 4.90 Å². The van der Waals surface area contributed by atoms with Crippen LogP contribution in [0.15, 0.2) is 18.3 Å². The maximum absolute atomic E-state index is 11.8. The van der Waals surface area contributed by atoms with Crippen LogP contribution in [-0.2, 0) is 4.74 Å². The second-order valence-corrected chi connectivity index (χ2v) is 3.77. The van der Waals surface area contributed by atoms with E-state index in [0.717, 1.165) is 0 Å². The third kappa shape index (κ3) is 2.95. The summed E-state index contributed by atoms with van der Waals surface area (Å²) in [7, 11) is 0. The smallest absolute Gasteiger partial charge is 0.354 e. The number of carboxylic acids is 1. The minimum absolute atomic E-state index is 0.0561. The van der Waals surface area contributed by atoms with Crippen LogP contribution in [0.25, 0.3) is 0 Å². The van der Waals surface area contributed by atoms with Gasteiger partial charge in [0, 0.05) is 13.1 Å². The molecule has 7 nitrogen and oxygen atoms in total. The molecule has 0 saturated carbocycles. The highest BCUT2D eigenvalue weighted by molar-refractivity contribution is 5.90. The van der Waals surface area contributed by atoms with Crippen LogP contribution in [0.1, 0.15) is 10.5 Å². The van der Waals surface area contributed by atoms with Crippen LogP contribution in [0, 0.1) is 0 Å². The molecule has 0 radical (unpaired) electrons. The molecule has 1 saturated heterocycles. The number of hydrogen-bond acceptors (Lipinski definition) is 4. The first-order chi connectivity index (χ1) is 8.66. The van der Waals surface area contributed by atoms with Gasteiger partial charge >= 0.3 is 12.0 Å². The normalized spacial score (nSPS) is 15.2. The molecule has 2 rings (SSSR count). The van der Waals surface area contributed by atoms with E-state index in [4.69, 9.17) is 9.84 Å². The van der Waals surface area contributed by atoms with Crippen molar-refractivity contribution in [1.29, 1.82) is 0 Å². The van der Waals surface area contributed by atoms with Gasteiger partial charge in [-0.3, -0.25) is 0 Å². The molecular formula is C11H13N3O4. The predicted molar refractivity (Wildman–Crippen MR) is 62.6 cm³/mol. The van der Waals surface area contributed by atoms with E-state index < -0.39 is 5.97 Å². The number of carbonyl (C=O) groups is 2. The summed E-state index contributed by atoms with van der Waals surface area (Å²) in [6, 6.07) is 2.62. The molecule has 0 spiro atoms. The van der Waals surface area contributed by atoms with Crippen molar-refractivity contribution in [2.75, 3.05) is 31.6 Å². The average Bonchev–Trinajstić information content (AvgIpc) is 2.40. The Labute approximate surface area is 103 Å². The first-order valence-electron chi connectivity index (χ1n) is 5.50. The van der Waals surface area contributed by atoms with Crippen molar-refractivity contribution in [2.24, 2.45) is 0 Å². The Hall–Kier alpha value is -2.15. The quantitative estimate of drug-likeness (QED) is 0.805. The number of amides is 2. The van der Waals surface area contributed by atoms with Gasteiger partial charge in [-0.1, -0.05) is 0 Å². The fourth-order valence-corrected chi connectivity index (χ4v) is 1.56. The molecule has 0 unspecified atom stereocenters. The molecule has 18 heavy (non-hydrogen) atoms. The number of pyridine rings is 1. The highest BCUT2D eigenvalue weighted by atomic mass is 16.5. The van der Waals surface area contributed by atoms with E-state index in [-0.39, 0.29) is 11.7 Å². The fraction of sp³-hybridized carbons (Fsp3) is 0.364. The molecule has 1 fully saturated rings. The van der Waals surface area contributed by atoms with Gasteiger partial charge in [0.1, 0.15) is 5.69 Å². The van der Waals surface area contributed by atoms with Crippen molar-refractivity contribution in [3.63, 3.8) is 0 Å². The number of carbonyl (C=O) groups excluding carboxylic acids is 1. The molecule has 1 aliphatic rings. The highest BCUT2D eigenvalue weighted by Crippen LogP contribution is 2.08. The topological polar surface area (TPSA) is 91.8 Å². The number of morpholine rings is 1. The molecule has 1 aromatic rings. The lowest BCUT2D eigenvalue weighted by molar-refractivity contribution is 0.0564. The Kier molecular flexibility index (Phi) is 3.73. The van der Waals surface area contributed by atoms with Gasteiger partial charge in [0.2, 0.25) is 0 Å². The lowest BCUT2D eigenvalue weighted by Crippen LogP contribution is -2.43. The van der Waals surface area contributed by atoms with Crippen molar-refractivity contribution < 1.29 is 19.4 Å². The van der Waals surface area contributed by atoms with Crippen LogP contribution in [0.5, 0.6) is 0 Å². The Morgan fingerprint density at radius 1 is 1.33 bits per heavy atom. The number of ether oxygens (including phenoxy) is 1. The summed E-state index contributed by atoms with van der Waals surface area (Å²) in [4.78, 5) is 27.8. The number of nitrogens with one attached hydrogen (secondary N) is 1. The zero-order chi connectivity index (χ0) is 13.0. The fourth-order valence-electron chi connectivity index (χ4n) is 1.56. The van der Waals surface area contributed by atoms with Crippen molar-refractivity contribution in [2.45, 2.75) is 0 Å². The van der Waals surface area contributed by atoms with Crippen molar-refractivity contribution in [3.8, 4) is 0 Å². The Balaban J connectivity index is 1.96. The van der Waals surface area contributed by atoms with Crippen LogP contribution in [0.4, 0.5) is 10.5 Å². The number of rotatable bonds is 2. The maximum Gasteiger partial charge on any atom is 0.354 e. The zero-order valence-corrected chi connectivity index (χ0v) is 9.63. The molecule has 1 aliphatic heterocycles. The molecule has 0 atom stereocenters. The molecular weight excluding hydrogens is 238 g/mol. The van der Waals surface area contributed by atoms with Crippen molar-refractivity contribution in [3.05, 3.63) is 24.0 Å². The van der Waals surface area contributed by atoms with Crippen LogP contribution in [0.3, 0.4) is 0 Å². The number of carboxylic acid groups (broad SMARTS) is 1. The Morgan fingerprint density at radius 2 is 2.06 bits per heavy atom. The largest absolute Gasteiger partial charge is 0.477 e. The summed E-state index contributed by atoms with van der Waals surface area (Å²) < 4.78 is 5.14. The van der Waals surface area contributed by atoms with Crippen LogP contribution >= 0.6 is 0 Å². The minimum Gasteiger partial charge on any atom is -0.477 e. The lowest BCUT2D eigenvalue weighted by Gasteiger charge is -2.26. The molecule has 2 amide bonds. The number of nitrogens with zero attached hydrogens (tertiary/aromatic N) is 2. The SMILES string of the molecule is O=C(O)c1ccc(NC(=O)N2CCOCC2)cn1. The lowest BCUT2D eigenvalue weighted by atomic mass is 10.3. The van der Waals surface area contributed by atoms with Crippen molar-refractivity contribution in [1.82, 2.24) is 9.88 Å². The van der Waals surface area contributed by atoms with E-state index in [0.29, 0.717) is 32.0 Å². The number of aromatic nitrogens is 1. The summed E-state index contributed by atoms with van der Waals surface area (Å²) >= 11 is 0. The second-order valence-electron chi connectivity index (χ2n) is 3.77. The highest BCUT2D eigenvalue weighted by Gasteiger charge is 2.16. The second kappa shape index (κ2) is 5.46. The average molecular weight is 251 g/mol. The third-order valence-corrected chi connectivity index (χ3v) is 2.53. The summed E-state index contributed by atoms with van der Waals surface area (Å²) in [6.45, 7) is 2.16. The molecule has 2 N–H and O–H groups in total. The van der Waals surface area contributed by atoms with E-state index >= 15 is 0 Å². The van der Waals surface area contributed by atoms with Gasteiger partial charge in [-0.2, -0.15) is 0 Å². The standard InChI is InChI=1S/C11H13N3O4/c15-10(16)9-2-1-8(7-12-9)13-11(17)14-3-5-18-6-4-14/h1-2,7H,3-6H2,(H,13,17)(H,15,16). The van der Waals surface area contributed by atoms with Gasteiger partial charge < -0.3 is 20.1 Å². The summed E-state index contributed by atoms with van der Waals surface area (Å²) in [5.74, 6) is -1.10. The third-order valence-electron chi connectivity index (χ3n) is 2.53. The van der Waals surface area contributed by atoms with Gasteiger partial charge in [0.15, 0.2) is 0 Å². The molecule has 1 aromatic heterocycles. The number of hydrogen-bond donors (Lipinski definition) is 2. The molecule has 0 aliphatic carbocycles. The summed E-state index contributed by atoms with van der Waals surface area (Å²) in [5, 5.41) is 11.3. The summed E-state index contributed by atoms with van der Waals surface area (Å²) in [6.07, 6.45) is 1.32. The molecule has 96 valence electrons. The van der Waals surface area contributed by atoms with E-state index in [2.05, 4.69) is 10.3 Å². The van der Waals surface area contributed by atoms with E-state index in [1.807, 2.05) is 0 Å². The first-order valence-corrected chi connectivity index (χ1v) is 5.50. The number of anilines is 1. The van der Waals surface area contributed by atoms with Gasteiger partial charge in [-0.05, 0) is 12.1 Å². The van der Waals surface area contributed by atoms with Crippen LogP contribution in [-0.4, -0.2) is 53.3 Å². The molecule has 0 aromatic carbocycles. The van der Waals surface area contributed by atoms with Gasteiger partial charge in [-0.15, -0.1) is 0 Å². The number of urea groups is 1. The minimum atomic E-state index is -1.10. The molecule has 0 bridgehead atoms. The Bertz CT molecular complexity index is 440. The van der Waals surface area contributed by atoms with Crippen LogP contribution in [0.2, 0.25) is 0 Å². The van der Waals surface area contributed by atoms with Gasteiger partial charge in [0.05, 0.1) is 25.1 Å². The maximum atomic E-state index is 11.8. The number of aromatic carboxylic acids is 1. The summed E-state index contributed by atoms with van der Waals surface area (Å²) in [5.41, 5.74) is 0.413. The van der Waals surface area contributed by atoms with Gasteiger partial charge in [-0.25, -0.2) is 14.6 Å².